The summed E-state index contributed by atoms with van der Waals surface area (Å²) in [5.41, 5.74) is 2.30. The second-order valence-electron chi connectivity index (χ2n) is 3.68. The van der Waals surface area contributed by atoms with E-state index in [1.807, 2.05) is 0 Å². The largest absolute Gasteiger partial charge is 0.478 e. The van der Waals surface area contributed by atoms with E-state index in [1.165, 1.54) is 12.2 Å². The molecular formula is C12H12N2O4. The van der Waals surface area contributed by atoms with Crippen molar-refractivity contribution in [2.75, 3.05) is 6.61 Å². The van der Waals surface area contributed by atoms with Gasteiger partial charge in [0.1, 0.15) is 6.61 Å². The molecule has 2 rings (SSSR count). The molecule has 0 saturated heterocycles. The molecule has 6 heteroatoms. The molecule has 0 aromatic heterocycles. The summed E-state index contributed by atoms with van der Waals surface area (Å²) >= 11 is 0. The third kappa shape index (κ3) is 2.68. The number of dihydropyridines is 2. The summed E-state index contributed by atoms with van der Waals surface area (Å²) in [6, 6.07) is 0. The zero-order valence-electron chi connectivity index (χ0n) is 9.38. The highest BCUT2D eigenvalue weighted by molar-refractivity contribution is 5.90. The first kappa shape index (κ1) is 12.2. The number of rotatable bonds is 3. The number of aliphatic carboxylic acids is 1. The lowest BCUT2D eigenvalue weighted by Crippen LogP contribution is -2.19. The molecule has 4 N–H and O–H groups in total. The van der Waals surface area contributed by atoms with Crippen molar-refractivity contribution in [3.63, 3.8) is 0 Å². The van der Waals surface area contributed by atoms with Crippen LogP contribution in [0.3, 0.4) is 0 Å². The monoisotopic (exact) mass is 248 g/mol. The van der Waals surface area contributed by atoms with E-state index in [9.17, 15) is 4.79 Å². The Bertz CT molecular complexity index is 512. The van der Waals surface area contributed by atoms with E-state index < -0.39 is 5.97 Å². The number of carboxylic acids is 1. The highest BCUT2D eigenvalue weighted by Crippen LogP contribution is 2.15. The molecule has 0 aromatic carbocycles. The fraction of sp³-hybridized carbons (Fsp3) is 0.0833. The molecule has 0 aromatic rings. The highest BCUT2D eigenvalue weighted by Gasteiger charge is 2.12. The zero-order valence-corrected chi connectivity index (χ0v) is 9.38. The maximum atomic E-state index is 10.9. The normalized spacial score (nSPS) is 21.8. The summed E-state index contributed by atoms with van der Waals surface area (Å²) in [5, 5.41) is 23.3. The Labute approximate surface area is 103 Å². The van der Waals surface area contributed by atoms with Crippen LogP contribution in [0.5, 0.6) is 0 Å². The second-order valence-corrected chi connectivity index (χ2v) is 3.68. The van der Waals surface area contributed by atoms with Gasteiger partial charge in [0.2, 0.25) is 0 Å². The Morgan fingerprint density at radius 3 is 2.50 bits per heavy atom. The minimum absolute atomic E-state index is 0.0697. The highest BCUT2D eigenvalue weighted by atomic mass is 17.1. The summed E-state index contributed by atoms with van der Waals surface area (Å²) in [4.78, 5) is 14.9. The van der Waals surface area contributed by atoms with Crippen LogP contribution in [0.2, 0.25) is 0 Å². The van der Waals surface area contributed by atoms with Crippen LogP contribution in [0.4, 0.5) is 0 Å². The Hall–Kier alpha value is -2.31. The minimum Gasteiger partial charge on any atom is -0.478 e. The molecule has 0 spiro atoms. The molecule has 0 fully saturated rings. The molecule has 2 aliphatic heterocycles. The van der Waals surface area contributed by atoms with Crippen LogP contribution in [0.25, 0.3) is 0 Å². The Morgan fingerprint density at radius 2 is 1.83 bits per heavy atom. The first-order valence-corrected chi connectivity index (χ1v) is 5.23. The average molecular weight is 248 g/mol. The van der Waals surface area contributed by atoms with Gasteiger partial charge in [-0.1, -0.05) is 0 Å². The molecular weight excluding hydrogens is 236 g/mol. The van der Waals surface area contributed by atoms with Gasteiger partial charge < -0.3 is 15.7 Å². The quantitative estimate of drug-likeness (QED) is 0.437. The predicted octanol–water partition coefficient (Wildman–Crippen LogP) is 0.859. The molecule has 0 radical (unpaired) electrons. The topological polar surface area (TPSA) is 90.8 Å². The van der Waals surface area contributed by atoms with Crippen molar-refractivity contribution in [3.05, 3.63) is 59.2 Å². The van der Waals surface area contributed by atoms with Crippen molar-refractivity contribution in [2.45, 2.75) is 0 Å². The third-order valence-electron chi connectivity index (χ3n) is 2.44. The summed E-state index contributed by atoms with van der Waals surface area (Å²) in [6.45, 7) is 0.0697. The van der Waals surface area contributed by atoms with Crippen molar-refractivity contribution >= 4 is 5.97 Å². The third-order valence-corrected chi connectivity index (χ3v) is 2.44. The van der Waals surface area contributed by atoms with Crippen molar-refractivity contribution < 1.29 is 20.0 Å². The fourth-order valence-corrected chi connectivity index (χ4v) is 1.59. The van der Waals surface area contributed by atoms with E-state index in [0.717, 1.165) is 5.57 Å². The Balaban J connectivity index is 2.29. The number of allylic oxidation sites excluding steroid dienone is 2. The van der Waals surface area contributed by atoms with Crippen LogP contribution in [0.1, 0.15) is 0 Å². The van der Waals surface area contributed by atoms with Crippen LogP contribution in [-0.4, -0.2) is 22.9 Å². The first-order chi connectivity index (χ1) is 8.70. The molecule has 0 atom stereocenters. The van der Waals surface area contributed by atoms with Crippen molar-refractivity contribution in [3.8, 4) is 0 Å². The van der Waals surface area contributed by atoms with Gasteiger partial charge in [0.25, 0.3) is 0 Å². The van der Waals surface area contributed by atoms with Crippen molar-refractivity contribution in [2.24, 2.45) is 0 Å². The van der Waals surface area contributed by atoms with Gasteiger partial charge in [-0.25, -0.2) is 9.68 Å². The SMILES string of the molecule is O=C(O)C1=CC(=C2C=C(COO)C=CN2)NC=C1. The van der Waals surface area contributed by atoms with Gasteiger partial charge in [-0.3, -0.25) is 5.26 Å². The molecule has 94 valence electrons. The van der Waals surface area contributed by atoms with Crippen LogP contribution < -0.4 is 10.6 Å². The van der Waals surface area contributed by atoms with Gasteiger partial charge in [-0.15, -0.1) is 0 Å². The maximum absolute atomic E-state index is 10.9. The van der Waals surface area contributed by atoms with Gasteiger partial charge in [0.15, 0.2) is 0 Å². The van der Waals surface area contributed by atoms with Crippen LogP contribution in [0, 0.1) is 0 Å². The van der Waals surface area contributed by atoms with Crippen molar-refractivity contribution in [1.82, 2.24) is 10.6 Å². The molecule has 0 amide bonds. The molecule has 2 heterocycles. The van der Waals surface area contributed by atoms with Gasteiger partial charge in [0, 0.05) is 12.4 Å². The number of carboxylic acid groups (broad SMARTS) is 1. The van der Waals surface area contributed by atoms with E-state index in [0.29, 0.717) is 11.4 Å². The second kappa shape index (κ2) is 5.35. The molecule has 0 unspecified atom stereocenters. The van der Waals surface area contributed by atoms with Crippen LogP contribution in [0.15, 0.2) is 59.2 Å². The summed E-state index contributed by atoms with van der Waals surface area (Å²) in [5.74, 6) is -0.986. The summed E-state index contributed by atoms with van der Waals surface area (Å²) in [6.07, 6.45) is 9.76. The van der Waals surface area contributed by atoms with Gasteiger partial charge in [0.05, 0.1) is 17.0 Å². The van der Waals surface area contributed by atoms with E-state index >= 15 is 0 Å². The smallest absolute Gasteiger partial charge is 0.335 e. The van der Waals surface area contributed by atoms with Gasteiger partial charge >= 0.3 is 5.97 Å². The van der Waals surface area contributed by atoms with E-state index in [4.69, 9.17) is 10.4 Å². The van der Waals surface area contributed by atoms with E-state index in [2.05, 4.69) is 15.5 Å². The molecule has 18 heavy (non-hydrogen) atoms. The maximum Gasteiger partial charge on any atom is 0.335 e. The van der Waals surface area contributed by atoms with Crippen molar-refractivity contribution in [1.29, 1.82) is 0 Å². The van der Waals surface area contributed by atoms with E-state index in [1.54, 1.807) is 24.6 Å². The minimum atomic E-state index is -0.986. The predicted molar refractivity (Wildman–Crippen MR) is 64.0 cm³/mol. The number of nitrogens with one attached hydrogen (secondary N) is 2. The van der Waals surface area contributed by atoms with E-state index in [-0.39, 0.29) is 12.2 Å². The number of carbonyl (C=O) groups is 1. The summed E-state index contributed by atoms with van der Waals surface area (Å²) < 4.78 is 0. The number of hydrogen-bond donors (Lipinski definition) is 4. The standard InChI is InChI=1S/C12H12N2O4/c15-12(16)9-2-4-14-11(6-9)10-5-8(7-18-17)1-3-13-10/h1-6,13-14,17H,7H2,(H,15,16). The Kier molecular flexibility index (Phi) is 3.61. The number of hydrogen-bond acceptors (Lipinski definition) is 5. The lowest BCUT2D eigenvalue weighted by Gasteiger charge is -2.16. The van der Waals surface area contributed by atoms with Gasteiger partial charge in [-0.2, -0.15) is 0 Å². The molecule has 6 nitrogen and oxygen atoms in total. The van der Waals surface area contributed by atoms with Gasteiger partial charge in [-0.05, 0) is 29.9 Å². The first-order valence-electron chi connectivity index (χ1n) is 5.23. The molecule has 0 aliphatic carbocycles. The fourth-order valence-electron chi connectivity index (χ4n) is 1.59. The summed E-state index contributed by atoms with van der Waals surface area (Å²) in [7, 11) is 0. The molecule has 0 saturated carbocycles. The molecule has 0 bridgehead atoms. The van der Waals surface area contributed by atoms with Crippen LogP contribution >= 0.6 is 0 Å². The Morgan fingerprint density at radius 1 is 1.17 bits per heavy atom. The lowest BCUT2D eigenvalue weighted by atomic mass is 10.1. The average Bonchev–Trinajstić information content (AvgIpc) is 2.39. The lowest BCUT2D eigenvalue weighted by molar-refractivity contribution is -0.233. The molecule has 2 aliphatic rings. The zero-order chi connectivity index (χ0) is 13.0. The van der Waals surface area contributed by atoms with Crippen LogP contribution in [-0.2, 0) is 9.68 Å².